The van der Waals surface area contributed by atoms with Crippen LogP contribution in [0.4, 0.5) is 22.4 Å². The largest absolute Gasteiger partial charge is 0.472 e. The van der Waals surface area contributed by atoms with Gasteiger partial charge >= 0.3 is 12.7 Å². The van der Waals surface area contributed by atoms with Crippen LogP contribution in [0.15, 0.2) is 24.3 Å². The van der Waals surface area contributed by atoms with Gasteiger partial charge in [0, 0.05) is 29.7 Å². The van der Waals surface area contributed by atoms with E-state index in [9.17, 15) is 23.2 Å². The lowest BCUT2D eigenvalue weighted by Gasteiger charge is -2.36. The highest BCUT2D eigenvalue weighted by atomic mass is 19.3. The molecule has 1 N–H and O–H groups in total. The molecular formula is C35H45F4N3O6. The molecule has 2 aliphatic heterocycles. The highest BCUT2D eigenvalue weighted by molar-refractivity contribution is 5.94. The number of ether oxygens (including phenoxy) is 3. The molecule has 3 aliphatic rings. The number of aromatic nitrogens is 1. The molecule has 2 bridgehead atoms. The lowest BCUT2D eigenvalue weighted by atomic mass is 9.84. The van der Waals surface area contributed by atoms with E-state index in [0.29, 0.717) is 25.7 Å². The second-order valence-electron chi connectivity index (χ2n) is 14.6. The molecule has 1 aliphatic carbocycles. The van der Waals surface area contributed by atoms with Crippen molar-refractivity contribution in [1.82, 2.24) is 15.2 Å². The molecule has 1 aromatic carbocycles. The molecule has 2 amide bonds. The van der Waals surface area contributed by atoms with Crippen molar-refractivity contribution in [3.05, 3.63) is 29.8 Å². The van der Waals surface area contributed by atoms with Crippen LogP contribution in [-0.4, -0.2) is 65.1 Å². The Kier molecular flexibility index (Phi) is 10.2. The third-order valence-corrected chi connectivity index (χ3v) is 9.65. The van der Waals surface area contributed by atoms with Crippen LogP contribution in [-0.2, 0) is 20.2 Å². The third kappa shape index (κ3) is 7.64. The first-order valence-electron chi connectivity index (χ1n) is 16.8. The number of carbonyl (C=O) groups is 3. The zero-order valence-corrected chi connectivity index (χ0v) is 28.2. The minimum Gasteiger partial charge on any atom is -0.472 e. The molecule has 5 rings (SSSR count). The van der Waals surface area contributed by atoms with Gasteiger partial charge in [-0.15, -0.1) is 0 Å². The van der Waals surface area contributed by atoms with Crippen LogP contribution in [0.1, 0.15) is 85.6 Å². The standard InChI is InChI=1S/C35H45F4N3O6/c1-7-22-26-17-42(27(22)28(43)18(2)3)31(44)29(34(4,5)6)41-33(45)48-25-15-20(25)10-8-9-13-35(38,39)23-14-19-11-12-21(46-32(36)37)16-24(19)40-30(23)47-26/h11-12,14,16,18,20,22,25-27,29,32H,7-10,13,15,17H2,1-6H3,(H,41,45). The first-order chi connectivity index (χ1) is 22.5. The van der Waals surface area contributed by atoms with E-state index in [1.54, 1.807) is 34.6 Å². The van der Waals surface area contributed by atoms with E-state index in [1.165, 1.54) is 29.2 Å². The summed E-state index contributed by atoms with van der Waals surface area (Å²) in [6.45, 7) is 7.42. The number of hydrogen-bond acceptors (Lipinski definition) is 7. The van der Waals surface area contributed by atoms with Crippen LogP contribution < -0.4 is 14.8 Å². The van der Waals surface area contributed by atoms with Crippen molar-refractivity contribution >= 4 is 28.7 Å². The lowest BCUT2D eigenvalue weighted by molar-refractivity contribution is -0.143. The van der Waals surface area contributed by atoms with Gasteiger partial charge in [0.25, 0.3) is 5.92 Å². The van der Waals surface area contributed by atoms with Crippen LogP contribution in [0.2, 0.25) is 0 Å². The number of amides is 2. The van der Waals surface area contributed by atoms with Crippen LogP contribution in [0, 0.1) is 23.2 Å². The van der Waals surface area contributed by atoms with E-state index >= 15 is 8.78 Å². The number of pyridine rings is 1. The smallest absolute Gasteiger partial charge is 0.408 e. The number of nitrogens with zero attached hydrogens (tertiary/aromatic N) is 2. The predicted molar refractivity (Wildman–Crippen MR) is 169 cm³/mol. The summed E-state index contributed by atoms with van der Waals surface area (Å²) in [4.78, 5) is 47.0. The number of rotatable bonds is 5. The fourth-order valence-corrected chi connectivity index (χ4v) is 6.88. The fourth-order valence-electron chi connectivity index (χ4n) is 6.88. The van der Waals surface area contributed by atoms with E-state index < -0.39 is 77.8 Å². The van der Waals surface area contributed by atoms with Crippen molar-refractivity contribution < 1.29 is 46.2 Å². The Balaban J connectivity index is 1.61. The number of alkyl carbamates (subject to hydrolysis) is 1. The Hall–Kier alpha value is -3.64. The zero-order chi connectivity index (χ0) is 35.1. The minimum absolute atomic E-state index is 0.0376. The molecule has 6 atom stereocenters. The van der Waals surface area contributed by atoms with Gasteiger partial charge in [0.1, 0.15) is 24.0 Å². The number of Topliss-reactive ketones (excluding diaryl/α,β-unsaturated/α-hetero) is 1. The first kappa shape index (κ1) is 35.7. The van der Waals surface area contributed by atoms with Gasteiger partial charge in [-0.3, -0.25) is 9.59 Å². The monoisotopic (exact) mass is 679 g/mol. The van der Waals surface area contributed by atoms with E-state index in [-0.39, 0.29) is 47.4 Å². The molecule has 0 spiro atoms. The molecule has 1 saturated carbocycles. The summed E-state index contributed by atoms with van der Waals surface area (Å²) >= 11 is 0. The lowest BCUT2D eigenvalue weighted by Crippen LogP contribution is -2.57. The van der Waals surface area contributed by atoms with Gasteiger partial charge in [-0.2, -0.15) is 8.78 Å². The summed E-state index contributed by atoms with van der Waals surface area (Å²) < 4.78 is 74.6. The van der Waals surface area contributed by atoms with E-state index in [0.717, 1.165) is 0 Å². The number of halogens is 4. The summed E-state index contributed by atoms with van der Waals surface area (Å²) in [5.74, 6) is -5.73. The summed E-state index contributed by atoms with van der Waals surface area (Å²) in [7, 11) is 0. The van der Waals surface area contributed by atoms with Gasteiger partial charge in [-0.1, -0.05) is 48.0 Å². The molecule has 13 heteroatoms. The van der Waals surface area contributed by atoms with Gasteiger partial charge in [0.15, 0.2) is 5.78 Å². The van der Waals surface area contributed by atoms with Crippen molar-refractivity contribution in [3.8, 4) is 11.6 Å². The first-order valence-corrected chi connectivity index (χ1v) is 16.8. The average Bonchev–Trinajstić information content (AvgIpc) is 3.62. The third-order valence-electron chi connectivity index (χ3n) is 9.65. The quantitative estimate of drug-likeness (QED) is 0.332. The van der Waals surface area contributed by atoms with Crippen LogP contribution in [0.25, 0.3) is 10.9 Å². The van der Waals surface area contributed by atoms with Gasteiger partial charge < -0.3 is 24.4 Å². The molecule has 6 unspecified atom stereocenters. The van der Waals surface area contributed by atoms with Crippen molar-refractivity contribution in [2.24, 2.45) is 23.2 Å². The molecule has 264 valence electrons. The van der Waals surface area contributed by atoms with Gasteiger partial charge in [0.05, 0.1) is 23.7 Å². The number of benzene rings is 1. The van der Waals surface area contributed by atoms with Crippen LogP contribution in [0.3, 0.4) is 0 Å². The summed E-state index contributed by atoms with van der Waals surface area (Å²) in [6.07, 6.45) is -0.308. The Morgan fingerprint density at radius 2 is 1.85 bits per heavy atom. The topological polar surface area (TPSA) is 107 Å². The number of fused-ring (bicyclic) bond motifs is 5. The molecule has 48 heavy (non-hydrogen) atoms. The Bertz CT molecular complexity index is 1530. The fraction of sp³-hybridized carbons (Fsp3) is 0.657. The second kappa shape index (κ2) is 13.7. The zero-order valence-electron chi connectivity index (χ0n) is 28.2. The van der Waals surface area contributed by atoms with E-state index in [2.05, 4.69) is 15.0 Å². The highest BCUT2D eigenvalue weighted by Crippen LogP contribution is 2.44. The SMILES string of the molecule is CCC1C2CN(C(=O)C(C(C)(C)C)NC(=O)OC3CC3CCCCC(F)(F)c3cc4ccc(OC(F)F)cc4nc3O2)C1C(=O)C(C)C. The maximum Gasteiger partial charge on any atom is 0.408 e. The number of ketones is 1. The summed E-state index contributed by atoms with van der Waals surface area (Å²) in [6, 6.07) is 3.11. The van der Waals surface area contributed by atoms with E-state index in [1.807, 2.05) is 6.92 Å². The van der Waals surface area contributed by atoms with Crippen molar-refractivity contribution in [2.45, 2.75) is 117 Å². The predicted octanol–water partition coefficient (Wildman–Crippen LogP) is 7.24. The maximum absolute atomic E-state index is 16.1. The van der Waals surface area contributed by atoms with E-state index in [4.69, 9.17) is 9.47 Å². The normalized spacial score (nSPS) is 28.1. The number of nitrogens with one attached hydrogen (secondary N) is 1. The molecular weight excluding hydrogens is 634 g/mol. The van der Waals surface area contributed by atoms with Gasteiger partial charge in [-0.25, -0.2) is 18.6 Å². The average molecular weight is 680 g/mol. The second-order valence-corrected chi connectivity index (χ2v) is 14.6. The Morgan fingerprint density at radius 1 is 1.12 bits per heavy atom. The number of alkyl halides is 4. The maximum atomic E-state index is 16.1. The Labute approximate surface area is 278 Å². The number of hydrogen-bond donors (Lipinski definition) is 1. The van der Waals surface area contributed by atoms with Crippen molar-refractivity contribution in [1.29, 1.82) is 0 Å². The van der Waals surface area contributed by atoms with Crippen LogP contribution >= 0.6 is 0 Å². The molecule has 2 fully saturated rings. The van der Waals surface area contributed by atoms with Crippen molar-refractivity contribution in [2.75, 3.05) is 6.54 Å². The van der Waals surface area contributed by atoms with Crippen LogP contribution in [0.5, 0.6) is 11.6 Å². The molecule has 1 aromatic heterocycles. The number of carbonyl (C=O) groups excluding carboxylic acids is 3. The van der Waals surface area contributed by atoms with Gasteiger partial charge in [-0.05, 0) is 55.2 Å². The van der Waals surface area contributed by atoms with Gasteiger partial charge in [0.2, 0.25) is 11.8 Å². The molecule has 9 nitrogen and oxygen atoms in total. The Morgan fingerprint density at radius 3 is 2.50 bits per heavy atom. The minimum atomic E-state index is -3.38. The molecule has 0 radical (unpaired) electrons. The highest BCUT2D eigenvalue weighted by Gasteiger charge is 2.52. The summed E-state index contributed by atoms with van der Waals surface area (Å²) in [5, 5.41) is 3.04. The molecule has 2 aromatic rings. The summed E-state index contributed by atoms with van der Waals surface area (Å²) in [5.41, 5.74) is -1.13. The molecule has 1 saturated heterocycles. The molecule has 3 heterocycles. The van der Waals surface area contributed by atoms with Crippen molar-refractivity contribution in [3.63, 3.8) is 0 Å².